The summed E-state index contributed by atoms with van der Waals surface area (Å²) in [6.07, 6.45) is -0.0526. The molecule has 0 bridgehead atoms. The third kappa shape index (κ3) is 4.17. The second-order valence-corrected chi connectivity index (χ2v) is 7.06. The summed E-state index contributed by atoms with van der Waals surface area (Å²) in [7, 11) is 1.71. The first-order valence-corrected chi connectivity index (χ1v) is 9.93. The van der Waals surface area contributed by atoms with Crippen molar-refractivity contribution in [3.05, 3.63) is 78.7 Å². The maximum absolute atomic E-state index is 13.0. The highest BCUT2D eigenvalue weighted by Gasteiger charge is 2.24. The summed E-state index contributed by atoms with van der Waals surface area (Å²) in [5, 5.41) is 6.07. The zero-order chi connectivity index (χ0) is 20.9. The molecule has 30 heavy (non-hydrogen) atoms. The van der Waals surface area contributed by atoms with Gasteiger partial charge in [-0.15, -0.1) is 0 Å². The SMILES string of the molecule is CCC(Oc1cccc2ccccc12)C(=O)N(C)Cc1nc(-c2ccccc2)no1. The van der Waals surface area contributed by atoms with Gasteiger partial charge in [-0.25, -0.2) is 0 Å². The smallest absolute Gasteiger partial charge is 0.263 e. The Morgan fingerprint density at radius 1 is 1.03 bits per heavy atom. The van der Waals surface area contributed by atoms with Gasteiger partial charge in [0.15, 0.2) is 6.10 Å². The maximum atomic E-state index is 13.0. The molecule has 0 N–H and O–H groups in total. The van der Waals surface area contributed by atoms with Crippen LogP contribution >= 0.6 is 0 Å². The van der Waals surface area contributed by atoms with Gasteiger partial charge in [0.1, 0.15) is 5.75 Å². The third-order valence-electron chi connectivity index (χ3n) is 4.91. The molecule has 1 unspecified atom stereocenters. The summed E-state index contributed by atoms with van der Waals surface area (Å²) in [5.41, 5.74) is 0.868. The van der Waals surface area contributed by atoms with Crippen LogP contribution < -0.4 is 4.74 Å². The van der Waals surface area contributed by atoms with Crippen LogP contribution in [0.5, 0.6) is 5.75 Å². The van der Waals surface area contributed by atoms with Gasteiger partial charge in [-0.2, -0.15) is 4.98 Å². The molecule has 1 heterocycles. The molecule has 0 spiro atoms. The van der Waals surface area contributed by atoms with Crippen molar-refractivity contribution in [1.29, 1.82) is 0 Å². The molecule has 6 heteroatoms. The fourth-order valence-corrected chi connectivity index (χ4v) is 3.31. The van der Waals surface area contributed by atoms with Crippen LogP contribution in [-0.2, 0) is 11.3 Å². The van der Waals surface area contributed by atoms with E-state index in [1.54, 1.807) is 11.9 Å². The molecule has 0 saturated heterocycles. The molecular weight excluding hydrogens is 378 g/mol. The van der Waals surface area contributed by atoms with E-state index in [1.165, 1.54) is 0 Å². The van der Waals surface area contributed by atoms with Crippen LogP contribution in [0.4, 0.5) is 0 Å². The Morgan fingerprint density at radius 2 is 1.77 bits per heavy atom. The Morgan fingerprint density at radius 3 is 2.57 bits per heavy atom. The lowest BCUT2D eigenvalue weighted by molar-refractivity contribution is -0.138. The molecule has 3 aromatic carbocycles. The van der Waals surface area contributed by atoms with E-state index in [0.717, 1.165) is 16.3 Å². The molecule has 0 saturated carbocycles. The molecule has 6 nitrogen and oxygen atoms in total. The van der Waals surface area contributed by atoms with E-state index in [4.69, 9.17) is 9.26 Å². The van der Waals surface area contributed by atoms with Gasteiger partial charge in [0, 0.05) is 18.0 Å². The second-order valence-electron chi connectivity index (χ2n) is 7.06. The van der Waals surface area contributed by atoms with E-state index < -0.39 is 6.10 Å². The summed E-state index contributed by atoms with van der Waals surface area (Å²) in [6, 6.07) is 23.4. The van der Waals surface area contributed by atoms with E-state index in [-0.39, 0.29) is 12.5 Å². The predicted octanol–water partition coefficient (Wildman–Crippen LogP) is 4.71. The van der Waals surface area contributed by atoms with Crippen molar-refractivity contribution in [2.75, 3.05) is 7.05 Å². The average molecular weight is 401 g/mol. The van der Waals surface area contributed by atoms with E-state index in [0.29, 0.717) is 23.9 Å². The third-order valence-corrected chi connectivity index (χ3v) is 4.91. The summed E-state index contributed by atoms with van der Waals surface area (Å²) >= 11 is 0. The Labute approximate surface area is 175 Å². The number of carbonyl (C=O) groups is 1. The number of rotatable bonds is 7. The number of aromatic nitrogens is 2. The van der Waals surface area contributed by atoms with Crippen LogP contribution in [-0.4, -0.2) is 34.1 Å². The predicted molar refractivity (Wildman–Crippen MR) is 115 cm³/mol. The van der Waals surface area contributed by atoms with Crippen molar-refractivity contribution in [2.45, 2.75) is 26.0 Å². The second kappa shape index (κ2) is 8.78. The molecule has 4 aromatic rings. The Hall–Kier alpha value is -3.67. The van der Waals surface area contributed by atoms with Crippen molar-refractivity contribution >= 4 is 16.7 Å². The van der Waals surface area contributed by atoms with E-state index in [1.807, 2.05) is 79.7 Å². The minimum Gasteiger partial charge on any atom is -0.480 e. The number of nitrogens with zero attached hydrogens (tertiary/aromatic N) is 3. The van der Waals surface area contributed by atoms with Gasteiger partial charge in [-0.3, -0.25) is 4.79 Å². The lowest BCUT2D eigenvalue weighted by Gasteiger charge is -2.23. The summed E-state index contributed by atoms with van der Waals surface area (Å²) in [6.45, 7) is 2.15. The highest BCUT2D eigenvalue weighted by atomic mass is 16.5. The maximum Gasteiger partial charge on any atom is 0.263 e. The number of hydrogen-bond donors (Lipinski definition) is 0. The Kier molecular flexibility index (Phi) is 5.75. The topological polar surface area (TPSA) is 68.5 Å². The monoisotopic (exact) mass is 401 g/mol. The van der Waals surface area contributed by atoms with Crippen molar-refractivity contribution in [2.24, 2.45) is 0 Å². The molecule has 1 amide bonds. The van der Waals surface area contributed by atoms with Crippen LogP contribution in [0.25, 0.3) is 22.2 Å². The van der Waals surface area contributed by atoms with Gasteiger partial charge >= 0.3 is 0 Å². The van der Waals surface area contributed by atoms with Crippen molar-refractivity contribution in [3.8, 4) is 17.1 Å². The molecule has 0 radical (unpaired) electrons. The quantitative estimate of drug-likeness (QED) is 0.449. The fraction of sp³-hybridized carbons (Fsp3) is 0.208. The fourth-order valence-electron chi connectivity index (χ4n) is 3.31. The van der Waals surface area contributed by atoms with Gasteiger partial charge in [-0.1, -0.05) is 78.8 Å². The summed E-state index contributed by atoms with van der Waals surface area (Å²) in [5.74, 6) is 1.45. The molecule has 0 aliphatic heterocycles. The van der Waals surface area contributed by atoms with E-state index >= 15 is 0 Å². The molecule has 0 fully saturated rings. The highest BCUT2D eigenvalue weighted by molar-refractivity contribution is 5.89. The first kappa shape index (κ1) is 19.6. The molecule has 4 rings (SSSR count). The zero-order valence-corrected chi connectivity index (χ0v) is 17.0. The van der Waals surface area contributed by atoms with Gasteiger partial charge in [0.2, 0.25) is 11.7 Å². The molecule has 152 valence electrons. The minimum atomic E-state index is -0.600. The Balaban J connectivity index is 1.46. The van der Waals surface area contributed by atoms with Crippen LogP contribution in [0.2, 0.25) is 0 Å². The van der Waals surface area contributed by atoms with Gasteiger partial charge in [-0.05, 0) is 17.9 Å². The van der Waals surface area contributed by atoms with E-state index in [2.05, 4.69) is 10.1 Å². The number of hydrogen-bond acceptors (Lipinski definition) is 5. The number of likely N-dealkylation sites (N-methyl/N-ethyl adjacent to an activating group) is 1. The number of benzene rings is 3. The molecule has 1 aromatic heterocycles. The number of amides is 1. The van der Waals surface area contributed by atoms with E-state index in [9.17, 15) is 4.79 Å². The van der Waals surface area contributed by atoms with Crippen molar-refractivity contribution in [1.82, 2.24) is 15.0 Å². The van der Waals surface area contributed by atoms with Crippen LogP contribution in [0.15, 0.2) is 77.3 Å². The standard InChI is InChI=1S/C24H23N3O3/c1-3-20(29-21-15-9-13-17-10-7-8-14-19(17)21)24(28)27(2)16-22-25-23(26-30-22)18-11-5-4-6-12-18/h4-15,20H,3,16H2,1-2H3. The van der Waals surface area contributed by atoms with Gasteiger partial charge in [0.05, 0.1) is 6.54 Å². The van der Waals surface area contributed by atoms with Crippen LogP contribution in [0.1, 0.15) is 19.2 Å². The summed E-state index contributed by atoms with van der Waals surface area (Å²) < 4.78 is 11.4. The first-order chi connectivity index (χ1) is 14.7. The molecule has 1 atom stereocenters. The zero-order valence-electron chi connectivity index (χ0n) is 17.0. The van der Waals surface area contributed by atoms with Crippen molar-refractivity contribution < 1.29 is 14.1 Å². The first-order valence-electron chi connectivity index (χ1n) is 9.93. The number of ether oxygens (including phenoxy) is 1. The van der Waals surface area contributed by atoms with Crippen molar-refractivity contribution in [3.63, 3.8) is 0 Å². The van der Waals surface area contributed by atoms with Gasteiger partial charge < -0.3 is 14.2 Å². The number of carbonyl (C=O) groups excluding carboxylic acids is 1. The normalized spacial score (nSPS) is 11.9. The molecule has 0 aliphatic carbocycles. The lowest BCUT2D eigenvalue weighted by Crippen LogP contribution is -2.39. The molecule has 0 aliphatic rings. The summed E-state index contributed by atoms with van der Waals surface area (Å²) in [4.78, 5) is 19.0. The number of fused-ring (bicyclic) bond motifs is 1. The van der Waals surface area contributed by atoms with Crippen LogP contribution in [0, 0.1) is 0 Å². The van der Waals surface area contributed by atoms with Crippen LogP contribution in [0.3, 0.4) is 0 Å². The molecular formula is C24H23N3O3. The highest BCUT2D eigenvalue weighted by Crippen LogP contribution is 2.27. The lowest BCUT2D eigenvalue weighted by atomic mass is 10.1. The Bertz CT molecular complexity index is 1140. The average Bonchev–Trinajstić information content (AvgIpc) is 3.26. The van der Waals surface area contributed by atoms with Gasteiger partial charge in [0.25, 0.3) is 5.91 Å². The minimum absolute atomic E-state index is 0.134. The largest absolute Gasteiger partial charge is 0.480 e.